The van der Waals surface area contributed by atoms with Gasteiger partial charge in [-0.15, -0.1) is 0 Å². The number of fused-ring (bicyclic) bond motifs is 1. The lowest BCUT2D eigenvalue weighted by atomic mass is 9.79. The van der Waals surface area contributed by atoms with Gasteiger partial charge in [-0.3, -0.25) is 0 Å². The third-order valence-electron chi connectivity index (χ3n) is 7.09. The maximum Gasteiger partial charge on any atom is 0.0427 e. The van der Waals surface area contributed by atoms with E-state index in [1.807, 2.05) is 0 Å². The Balaban J connectivity index is 1.72. The van der Waals surface area contributed by atoms with Gasteiger partial charge in [0.2, 0.25) is 0 Å². The zero-order valence-electron chi connectivity index (χ0n) is 19.5. The van der Waals surface area contributed by atoms with Crippen LogP contribution in [0.3, 0.4) is 0 Å². The molecule has 2 aliphatic carbocycles. The summed E-state index contributed by atoms with van der Waals surface area (Å²) in [5.74, 6) is 0.785. The van der Waals surface area contributed by atoms with Crippen molar-refractivity contribution >= 4 is 29.7 Å². The third-order valence-corrected chi connectivity index (χ3v) is 8.13. The van der Waals surface area contributed by atoms with Gasteiger partial charge in [0.1, 0.15) is 0 Å². The zero-order chi connectivity index (χ0) is 22.7. The zero-order valence-corrected chi connectivity index (χ0v) is 21.0. The molecular formula is C28H34ClNOS. The normalized spacial score (nSPS) is 22.6. The Hall–Kier alpha value is -1.68. The molecule has 0 spiro atoms. The van der Waals surface area contributed by atoms with Crippen molar-refractivity contribution in [3.63, 3.8) is 0 Å². The Morgan fingerprint density at radius 1 is 1.12 bits per heavy atom. The molecule has 170 valence electrons. The number of hydrogen-bond donors (Lipinski definition) is 1. The highest BCUT2D eigenvalue weighted by Crippen LogP contribution is 2.50. The van der Waals surface area contributed by atoms with Crippen molar-refractivity contribution in [3.8, 4) is 0 Å². The molecule has 4 rings (SSSR count). The van der Waals surface area contributed by atoms with Crippen LogP contribution in [0.5, 0.6) is 0 Å². The van der Waals surface area contributed by atoms with Crippen molar-refractivity contribution in [3.05, 3.63) is 86.8 Å². The Labute approximate surface area is 202 Å². The molecule has 0 fully saturated rings. The number of rotatable bonds is 6. The van der Waals surface area contributed by atoms with Crippen LogP contribution >= 0.6 is 23.6 Å². The molecule has 1 aromatic carbocycles. The first kappa shape index (κ1) is 23.5. The smallest absolute Gasteiger partial charge is 0.0427 e. The first-order valence-electron chi connectivity index (χ1n) is 11.7. The summed E-state index contributed by atoms with van der Waals surface area (Å²) in [5, 5.41) is 0.957. The lowest BCUT2D eigenvalue weighted by Crippen LogP contribution is -2.25. The summed E-state index contributed by atoms with van der Waals surface area (Å²) in [4.78, 5) is 2.52. The second-order valence-electron chi connectivity index (χ2n) is 9.58. The van der Waals surface area contributed by atoms with Crippen LogP contribution in [0.1, 0.15) is 64.0 Å². The van der Waals surface area contributed by atoms with E-state index < -0.39 is 0 Å². The van der Waals surface area contributed by atoms with Crippen LogP contribution in [0.15, 0.2) is 75.6 Å². The fraction of sp³-hybridized carbons (Fsp3) is 0.429. The van der Waals surface area contributed by atoms with E-state index >= 15 is 0 Å². The first-order chi connectivity index (χ1) is 15.4. The molecule has 32 heavy (non-hydrogen) atoms. The largest absolute Gasteiger partial charge is 0.344 e. The maximum atomic E-state index is 9.14. The highest BCUT2D eigenvalue weighted by atomic mass is 35.5. The van der Waals surface area contributed by atoms with Gasteiger partial charge < -0.3 is 9.45 Å². The highest BCUT2D eigenvalue weighted by molar-refractivity contribution is 7.93. The van der Waals surface area contributed by atoms with Crippen LogP contribution in [0, 0.1) is 5.41 Å². The SMILES string of the molecule is CC1=C(Cl)/C(=C/C=C2/N(CCCCSO)C3=C(Cc4ccccc4C=C3)C2(C)C)CCC1. The predicted molar refractivity (Wildman–Crippen MR) is 140 cm³/mol. The quantitative estimate of drug-likeness (QED) is 0.336. The Kier molecular flexibility index (Phi) is 7.39. The molecule has 1 aliphatic heterocycles. The Bertz CT molecular complexity index is 1030. The van der Waals surface area contributed by atoms with Gasteiger partial charge in [0.25, 0.3) is 0 Å². The molecule has 0 saturated carbocycles. The molecule has 3 aliphatic rings. The topological polar surface area (TPSA) is 23.5 Å². The number of benzene rings is 1. The fourth-order valence-corrected chi connectivity index (χ4v) is 5.76. The molecule has 0 atom stereocenters. The minimum absolute atomic E-state index is 0.0557. The fourth-order valence-electron chi connectivity index (χ4n) is 5.17. The maximum absolute atomic E-state index is 9.14. The monoisotopic (exact) mass is 467 g/mol. The summed E-state index contributed by atoms with van der Waals surface area (Å²) < 4.78 is 9.14. The van der Waals surface area contributed by atoms with E-state index in [2.05, 4.69) is 74.2 Å². The summed E-state index contributed by atoms with van der Waals surface area (Å²) in [5.41, 5.74) is 9.40. The molecular weight excluding hydrogens is 434 g/mol. The van der Waals surface area contributed by atoms with Crippen LogP contribution in [0.4, 0.5) is 0 Å². The van der Waals surface area contributed by atoms with Crippen LogP contribution in [0.25, 0.3) is 6.08 Å². The van der Waals surface area contributed by atoms with E-state index in [0.717, 1.165) is 61.5 Å². The lowest BCUT2D eigenvalue weighted by molar-refractivity contribution is 0.381. The first-order valence-corrected chi connectivity index (χ1v) is 13.1. The molecule has 0 radical (unpaired) electrons. The number of hydrogen-bond acceptors (Lipinski definition) is 3. The average molecular weight is 468 g/mol. The van der Waals surface area contributed by atoms with E-state index in [9.17, 15) is 0 Å². The number of nitrogens with zero attached hydrogens (tertiary/aromatic N) is 1. The minimum Gasteiger partial charge on any atom is -0.344 e. The van der Waals surface area contributed by atoms with Crippen LogP contribution < -0.4 is 0 Å². The Morgan fingerprint density at radius 3 is 2.75 bits per heavy atom. The molecule has 0 aromatic heterocycles. The number of unbranched alkanes of at least 4 members (excludes halogenated alkanes) is 1. The minimum atomic E-state index is -0.0557. The molecule has 0 unspecified atom stereocenters. The third kappa shape index (κ3) is 4.66. The highest BCUT2D eigenvalue weighted by Gasteiger charge is 2.41. The summed E-state index contributed by atoms with van der Waals surface area (Å²) >= 11 is 7.61. The molecule has 1 heterocycles. The van der Waals surface area contributed by atoms with Crippen LogP contribution in [-0.4, -0.2) is 21.8 Å². The molecule has 4 heteroatoms. The van der Waals surface area contributed by atoms with Gasteiger partial charge in [0.15, 0.2) is 0 Å². The van der Waals surface area contributed by atoms with Gasteiger partial charge in [0.05, 0.1) is 0 Å². The summed E-state index contributed by atoms with van der Waals surface area (Å²) in [7, 11) is 0. The summed E-state index contributed by atoms with van der Waals surface area (Å²) in [6.07, 6.45) is 15.5. The van der Waals surface area contributed by atoms with Crippen molar-refractivity contribution < 1.29 is 4.55 Å². The van der Waals surface area contributed by atoms with E-state index in [-0.39, 0.29) is 5.41 Å². The molecule has 0 bridgehead atoms. The van der Waals surface area contributed by atoms with Gasteiger partial charge in [-0.05, 0) is 91.9 Å². The lowest BCUT2D eigenvalue weighted by Gasteiger charge is -2.30. The van der Waals surface area contributed by atoms with Crippen molar-refractivity contribution in [2.75, 3.05) is 12.3 Å². The van der Waals surface area contributed by atoms with Crippen LogP contribution in [-0.2, 0) is 6.42 Å². The second-order valence-corrected chi connectivity index (χ2v) is 10.6. The van der Waals surface area contributed by atoms with Gasteiger partial charge in [-0.2, -0.15) is 0 Å². The van der Waals surface area contributed by atoms with Crippen LogP contribution in [0.2, 0.25) is 0 Å². The van der Waals surface area contributed by atoms with Gasteiger partial charge >= 0.3 is 0 Å². The summed E-state index contributed by atoms with van der Waals surface area (Å²) in [6.45, 7) is 7.84. The van der Waals surface area contributed by atoms with E-state index in [1.165, 1.54) is 45.7 Å². The van der Waals surface area contributed by atoms with E-state index in [0.29, 0.717) is 0 Å². The number of halogens is 1. The van der Waals surface area contributed by atoms with Gasteiger partial charge in [-0.25, -0.2) is 0 Å². The van der Waals surface area contributed by atoms with Gasteiger partial charge in [-0.1, -0.05) is 67.4 Å². The number of allylic oxidation sites excluding steroid dienone is 7. The van der Waals surface area contributed by atoms with Crippen molar-refractivity contribution in [1.29, 1.82) is 0 Å². The molecule has 1 aromatic rings. The molecule has 2 nitrogen and oxygen atoms in total. The molecule has 0 amide bonds. The molecule has 1 N–H and O–H groups in total. The predicted octanol–water partition coefficient (Wildman–Crippen LogP) is 8.35. The van der Waals surface area contributed by atoms with E-state index in [1.54, 1.807) is 0 Å². The van der Waals surface area contributed by atoms with Crippen molar-refractivity contribution in [2.24, 2.45) is 5.41 Å². The summed E-state index contributed by atoms with van der Waals surface area (Å²) in [6, 6.07) is 8.74. The standard InChI is InChI=1S/C28H34ClNOS/c1-20-9-8-12-22(27(20)29)14-16-26-28(2,3)24-19-23-11-5-4-10-21(23)13-15-25(24)30(26)17-6-7-18-32-31/h4-5,10-11,13-16,31H,6-9,12,17-19H2,1-3H3/b22-14+,26-16+. The second kappa shape index (κ2) is 10.1. The van der Waals surface area contributed by atoms with Gasteiger partial charge in [0, 0.05) is 34.1 Å². The molecule has 0 saturated heterocycles. The average Bonchev–Trinajstić information content (AvgIpc) is 2.90. The van der Waals surface area contributed by atoms with E-state index in [4.69, 9.17) is 16.2 Å². The Morgan fingerprint density at radius 2 is 1.94 bits per heavy atom. The van der Waals surface area contributed by atoms with Crippen molar-refractivity contribution in [2.45, 2.75) is 59.3 Å². The van der Waals surface area contributed by atoms with Crippen molar-refractivity contribution in [1.82, 2.24) is 4.90 Å².